The van der Waals surface area contributed by atoms with Gasteiger partial charge in [0.2, 0.25) is 5.91 Å². The van der Waals surface area contributed by atoms with E-state index in [1.807, 2.05) is 0 Å². The van der Waals surface area contributed by atoms with Crippen LogP contribution in [-0.4, -0.2) is 74.2 Å². The first-order chi connectivity index (χ1) is 11.3. The molecule has 1 saturated carbocycles. The highest BCUT2D eigenvalue weighted by Gasteiger charge is 2.19. The summed E-state index contributed by atoms with van der Waals surface area (Å²) >= 11 is 0. The molecule has 5 nitrogen and oxygen atoms in total. The maximum absolute atomic E-state index is 11.7. The molecule has 0 spiro atoms. The molecule has 2 fully saturated rings. The third-order valence-corrected chi connectivity index (χ3v) is 4.84. The minimum atomic E-state index is 0.0926. The van der Waals surface area contributed by atoms with Crippen molar-refractivity contribution in [2.24, 2.45) is 0 Å². The van der Waals surface area contributed by atoms with Gasteiger partial charge in [-0.15, -0.1) is 6.58 Å². The quantitative estimate of drug-likeness (QED) is 0.545. The second-order valence-electron chi connectivity index (χ2n) is 6.69. The number of carbonyl (C=O) groups excluding carboxylic acids is 1. The van der Waals surface area contributed by atoms with Crippen LogP contribution < -0.4 is 5.32 Å². The monoisotopic (exact) mass is 323 g/mol. The van der Waals surface area contributed by atoms with Crippen molar-refractivity contribution in [1.82, 2.24) is 15.1 Å². The summed E-state index contributed by atoms with van der Waals surface area (Å²) in [5.74, 6) is 0.0926. The highest BCUT2D eigenvalue weighted by Crippen LogP contribution is 2.19. The Bertz CT molecular complexity index is 346. The van der Waals surface area contributed by atoms with Gasteiger partial charge in [-0.3, -0.25) is 14.6 Å². The lowest BCUT2D eigenvalue weighted by atomic mass is 10.1. The molecule has 1 heterocycles. The van der Waals surface area contributed by atoms with Crippen LogP contribution in [0, 0.1) is 0 Å². The van der Waals surface area contributed by atoms with E-state index in [9.17, 15) is 4.79 Å². The molecule has 1 saturated heterocycles. The number of hydrogen-bond donors (Lipinski definition) is 1. The standard InChI is InChI=1S/C18H33N3O2/c1-2-9-19-18(22)16-21-12-10-20(11-13-21)14-15-23-17-7-5-3-4-6-8-17/h2,17H,1,3-16H2,(H,19,22). The molecule has 23 heavy (non-hydrogen) atoms. The van der Waals surface area contributed by atoms with Gasteiger partial charge in [0, 0.05) is 39.3 Å². The van der Waals surface area contributed by atoms with Crippen molar-refractivity contribution in [3.05, 3.63) is 12.7 Å². The lowest BCUT2D eigenvalue weighted by molar-refractivity contribution is -0.122. The molecule has 1 aliphatic carbocycles. The number of piperazine rings is 1. The van der Waals surface area contributed by atoms with Crippen LogP contribution in [0.2, 0.25) is 0 Å². The molecule has 132 valence electrons. The fourth-order valence-corrected chi connectivity index (χ4v) is 3.37. The molecule has 2 aliphatic rings. The van der Waals surface area contributed by atoms with Crippen LogP contribution in [0.15, 0.2) is 12.7 Å². The van der Waals surface area contributed by atoms with Crippen molar-refractivity contribution < 1.29 is 9.53 Å². The van der Waals surface area contributed by atoms with Crippen LogP contribution in [0.1, 0.15) is 38.5 Å². The Morgan fingerprint density at radius 2 is 1.74 bits per heavy atom. The van der Waals surface area contributed by atoms with Gasteiger partial charge in [-0.05, 0) is 12.8 Å². The third-order valence-electron chi connectivity index (χ3n) is 4.84. The van der Waals surface area contributed by atoms with Gasteiger partial charge < -0.3 is 10.1 Å². The van der Waals surface area contributed by atoms with E-state index in [1.54, 1.807) is 6.08 Å². The van der Waals surface area contributed by atoms with Crippen LogP contribution in [0.4, 0.5) is 0 Å². The van der Waals surface area contributed by atoms with Crippen LogP contribution in [0.25, 0.3) is 0 Å². The first-order valence-corrected chi connectivity index (χ1v) is 9.22. The number of hydrogen-bond acceptors (Lipinski definition) is 4. The van der Waals surface area contributed by atoms with Gasteiger partial charge >= 0.3 is 0 Å². The molecule has 0 aromatic heterocycles. The maximum Gasteiger partial charge on any atom is 0.234 e. The molecular weight excluding hydrogens is 290 g/mol. The average molecular weight is 323 g/mol. The molecule has 1 amide bonds. The summed E-state index contributed by atoms with van der Waals surface area (Å²) in [5.41, 5.74) is 0. The van der Waals surface area contributed by atoms with Gasteiger partial charge in [0.15, 0.2) is 0 Å². The predicted molar refractivity (Wildman–Crippen MR) is 93.5 cm³/mol. The molecule has 0 bridgehead atoms. The minimum Gasteiger partial charge on any atom is -0.377 e. The highest BCUT2D eigenvalue weighted by molar-refractivity contribution is 5.78. The lowest BCUT2D eigenvalue weighted by Crippen LogP contribution is -2.50. The Balaban J connectivity index is 1.54. The first kappa shape index (κ1) is 18.4. The van der Waals surface area contributed by atoms with Crippen molar-refractivity contribution in [2.75, 3.05) is 52.4 Å². The smallest absolute Gasteiger partial charge is 0.234 e. The second kappa shape index (κ2) is 10.8. The number of rotatable bonds is 8. The van der Waals surface area contributed by atoms with Crippen LogP contribution in [0.3, 0.4) is 0 Å². The van der Waals surface area contributed by atoms with Gasteiger partial charge in [-0.2, -0.15) is 0 Å². The van der Waals surface area contributed by atoms with Gasteiger partial charge in [-0.1, -0.05) is 31.8 Å². The minimum absolute atomic E-state index is 0.0926. The molecule has 0 atom stereocenters. The molecule has 5 heteroatoms. The first-order valence-electron chi connectivity index (χ1n) is 9.22. The maximum atomic E-state index is 11.7. The third kappa shape index (κ3) is 7.46. The van der Waals surface area contributed by atoms with Gasteiger partial charge in [0.1, 0.15) is 0 Å². The van der Waals surface area contributed by atoms with E-state index in [4.69, 9.17) is 4.74 Å². The summed E-state index contributed by atoms with van der Waals surface area (Å²) < 4.78 is 6.07. The average Bonchev–Trinajstić information content (AvgIpc) is 2.83. The SMILES string of the molecule is C=CCNC(=O)CN1CCN(CCOC2CCCCCC2)CC1. The lowest BCUT2D eigenvalue weighted by Gasteiger charge is -2.34. The van der Waals surface area contributed by atoms with Gasteiger partial charge in [0.05, 0.1) is 19.3 Å². The summed E-state index contributed by atoms with van der Waals surface area (Å²) in [7, 11) is 0. The molecule has 0 aromatic rings. The number of nitrogens with one attached hydrogen (secondary N) is 1. The number of nitrogens with zero attached hydrogens (tertiary/aromatic N) is 2. The summed E-state index contributed by atoms with van der Waals surface area (Å²) in [5, 5.41) is 2.83. The topological polar surface area (TPSA) is 44.8 Å². The fraction of sp³-hybridized carbons (Fsp3) is 0.833. The summed E-state index contributed by atoms with van der Waals surface area (Å²) in [6, 6.07) is 0. The molecule has 0 unspecified atom stereocenters. The number of amides is 1. The predicted octanol–water partition coefficient (Wildman–Crippen LogP) is 1.65. The van der Waals surface area contributed by atoms with Crippen LogP contribution >= 0.6 is 0 Å². The Labute approximate surface area is 141 Å². The Morgan fingerprint density at radius 1 is 1.09 bits per heavy atom. The van der Waals surface area contributed by atoms with Gasteiger partial charge in [-0.25, -0.2) is 0 Å². The molecule has 1 N–H and O–H groups in total. The second-order valence-corrected chi connectivity index (χ2v) is 6.69. The van der Waals surface area contributed by atoms with E-state index in [2.05, 4.69) is 21.7 Å². The summed E-state index contributed by atoms with van der Waals surface area (Å²) in [4.78, 5) is 16.4. The molecule has 0 radical (unpaired) electrons. The van der Waals surface area contributed by atoms with Crippen molar-refractivity contribution in [3.8, 4) is 0 Å². The van der Waals surface area contributed by atoms with E-state index >= 15 is 0 Å². The zero-order valence-electron chi connectivity index (χ0n) is 14.5. The van der Waals surface area contributed by atoms with E-state index in [1.165, 1.54) is 38.5 Å². The highest BCUT2D eigenvalue weighted by atomic mass is 16.5. The molecular formula is C18H33N3O2. The molecule has 0 aromatic carbocycles. The number of ether oxygens (including phenoxy) is 1. The number of carbonyl (C=O) groups is 1. The Hall–Kier alpha value is -0.910. The van der Waals surface area contributed by atoms with Crippen molar-refractivity contribution in [2.45, 2.75) is 44.6 Å². The van der Waals surface area contributed by atoms with E-state index in [0.29, 0.717) is 19.2 Å². The normalized spacial score (nSPS) is 21.7. The Morgan fingerprint density at radius 3 is 2.39 bits per heavy atom. The summed E-state index contributed by atoms with van der Waals surface area (Å²) in [6.07, 6.45) is 10.1. The molecule has 2 rings (SSSR count). The Kier molecular flexibility index (Phi) is 8.64. The van der Waals surface area contributed by atoms with E-state index < -0.39 is 0 Å². The zero-order chi connectivity index (χ0) is 16.3. The summed E-state index contributed by atoms with van der Waals surface area (Å²) in [6.45, 7) is 10.5. The molecule has 1 aliphatic heterocycles. The van der Waals surface area contributed by atoms with Crippen molar-refractivity contribution in [3.63, 3.8) is 0 Å². The van der Waals surface area contributed by atoms with Crippen LogP contribution in [-0.2, 0) is 9.53 Å². The van der Waals surface area contributed by atoms with Crippen molar-refractivity contribution >= 4 is 5.91 Å². The van der Waals surface area contributed by atoms with E-state index in [-0.39, 0.29) is 5.91 Å². The van der Waals surface area contributed by atoms with Crippen LogP contribution in [0.5, 0.6) is 0 Å². The van der Waals surface area contributed by atoms with Gasteiger partial charge in [0.25, 0.3) is 0 Å². The largest absolute Gasteiger partial charge is 0.377 e. The zero-order valence-corrected chi connectivity index (χ0v) is 14.5. The van der Waals surface area contributed by atoms with E-state index in [0.717, 1.165) is 39.3 Å². The fourth-order valence-electron chi connectivity index (χ4n) is 3.37. The van der Waals surface area contributed by atoms with Crippen molar-refractivity contribution in [1.29, 1.82) is 0 Å².